The molecule has 0 radical (unpaired) electrons. The van der Waals surface area contributed by atoms with Crippen LogP contribution in [0.5, 0.6) is 0 Å². The molecule has 0 bridgehead atoms. The van der Waals surface area contributed by atoms with E-state index in [0.717, 1.165) is 0 Å². The fraction of sp³-hybridized carbons (Fsp3) is 0.500. The fourth-order valence-electron chi connectivity index (χ4n) is 3.03. The molecule has 0 aromatic heterocycles. The van der Waals surface area contributed by atoms with Crippen LogP contribution in [0.1, 0.15) is 49.2 Å². The van der Waals surface area contributed by atoms with Gasteiger partial charge in [0.25, 0.3) is 11.2 Å². The van der Waals surface area contributed by atoms with Gasteiger partial charge in [-0.3, -0.25) is 4.79 Å². The van der Waals surface area contributed by atoms with Crippen LogP contribution in [0, 0.1) is 0 Å². The van der Waals surface area contributed by atoms with Gasteiger partial charge >= 0.3 is 0 Å². The van der Waals surface area contributed by atoms with Crippen LogP contribution in [0.4, 0.5) is 8.78 Å². The van der Waals surface area contributed by atoms with Gasteiger partial charge in [0.05, 0.1) is 10.8 Å². The molecule has 1 aromatic carbocycles. The van der Waals surface area contributed by atoms with Crippen molar-refractivity contribution >= 4 is 188 Å². The van der Waals surface area contributed by atoms with Crippen LogP contribution in [0.15, 0.2) is 16.6 Å². The first kappa shape index (κ1) is 37.3. The van der Waals surface area contributed by atoms with E-state index in [1.165, 1.54) is 51.5 Å². The van der Waals surface area contributed by atoms with Gasteiger partial charge in [0.2, 0.25) is 0 Å². The highest BCUT2D eigenvalue weighted by molar-refractivity contribution is 9.10. The molecule has 1 aromatic rings. The lowest BCUT2D eigenvalue weighted by atomic mass is 9.77. The predicted molar refractivity (Wildman–Crippen MR) is 201 cm³/mol. The summed E-state index contributed by atoms with van der Waals surface area (Å²) in [5.74, 6) is -2.91. The SMILES string of the molecule is CC1(C)c2cc(Br)c(C(=O)Cl)cc2C(C)(C)C1(F)F.S=S=S=S=S=S=S=S=S=S=S=S=S=S=S=S=S. The smallest absolute Gasteiger partial charge is 0.266 e. The first-order valence-electron chi connectivity index (χ1n) is 8.53. The molecule has 0 saturated heterocycles. The molecule has 0 aliphatic heterocycles. The Labute approximate surface area is 274 Å². The summed E-state index contributed by atoms with van der Waals surface area (Å²) in [7, 11) is 25.4. The van der Waals surface area contributed by atoms with E-state index >= 15 is 0 Å². The van der Waals surface area contributed by atoms with E-state index < -0.39 is 22.0 Å². The third-order valence-electron chi connectivity index (χ3n) is 4.62. The van der Waals surface area contributed by atoms with Gasteiger partial charge in [-0.2, -0.15) is 0 Å². The first-order valence-corrected chi connectivity index (χ1v) is 31.0. The molecule has 0 atom stereocenters. The van der Waals surface area contributed by atoms with Crippen LogP contribution < -0.4 is 0 Å². The van der Waals surface area contributed by atoms with Crippen molar-refractivity contribution in [3.63, 3.8) is 0 Å². The average Bonchev–Trinajstić information content (AvgIpc) is 2.91. The average molecular weight is 897 g/mol. The number of carbonyl (C=O) groups is 1. The molecule has 1 aliphatic carbocycles. The van der Waals surface area contributed by atoms with Gasteiger partial charge < -0.3 is 0 Å². The summed E-state index contributed by atoms with van der Waals surface area (Å²) in [6.45, 7) is 6.04. The minimum Gasteiger partial charge on any atom is -0.276 e. The number of hydrogen-bond acceptors (Lipinski definition) is 3. The predicted octanol–water partition coefficient (Wildman–Crippen LogP) is 4.99. The van der Waals surface area contributed by atoms with Crippen molar-refractivity contribution in [3.05, 3.63) is 33.3 Å². The van der Waals surface area contributed by atoms with Crippen molar-refractivity contribution in [2.24, 2.45) is 0 Å². The Kier molecular flexibility index (Phi) is 19.4. The molecule has 0 spiro atoms. The van der Waals surface area contributed by atoms with Crippen molar-refractivity contribution in [2.45, 2.75) is 44.4 Å². The van der Waals surface area contributed by atoms with Crippen LogP contribution >= 0.6 is 27.5 Å². The second kappa shape index (κ2) is 18.7. The van der Waals surface area contributed by atoms with Gasteiger partial charge in [-0.15, -0.1) is 0 Å². The summed E-state index contributed by atoms with van der Waals surface area (Å²) in [5.41, 5.74) is -1.37. The van der Waals surface area contributed by atoms with Crippen molar-refractivity contribution in [1.82, 2.24) is 0 Å². The maximum atomic E-state index is 14.6. The lowest BCUT2D eigenvalue weighted by Gasteiger charge is -2.35. The van der Waals surface area contributed by atoms with Crippen molar-refractivity contribution in [3.8, 4) is 0 Å². The molecule has 1 aliphatic rings. The molecule has 1 nitrogen and oxygen atoms in total. The molecule has 2 rings (SSSR count). The van der Waals surface area contributed by atoms with E-state index in [-0.39, 0.29) is 5.56 Å². The highest BCUT2D eigenvalue weighted by Gasteiger charge is 2.65. The third-order valence-corrected chi connectivity index (χ3v) is 36.6. The number of benzene rings is 1. The minimum absolute atomic E-state index is 0.224. The topological polar surface area (TPSA) is 17.1 Å². The molecule has 36 heavy (non-hydrogen) atoms. The van der Waals surface area contributed by atoms with Crippen molar-refractivity contribution in [2.75, 3.05) is 0 Å². The quantitative estimate of drug-likeness (QED) is 0.371. The van der Waals surface area contributed by atoms with E-state index in [1.54, 1.807) is 122 Å². The molecule has 0 unspecified atom stereocenters. The minimum atomic E-state index is -2.91. The number of carbonyl (C=O) groups excluding carboxylic acids is 1. The highest BCUT2D eigenvalue weighted by atomic mass is 79.9. The highest BCUT2D eigenvalue weighted by Crippen LogP contribution is 2.60. The van der Waals surface area contributed by atoms with Crippen LogP contribution in [-0.4, -0.2) is 11.2 Å². The van der Waals surface area contributed by atoms with Crippen molar-refractivity contribution in [1.29, 1.82) is 0 Å². The first-order chi connectivity index (χ1) is 16.9. The molecule has 206 valence electrons. The number of rotatable bonds is 1. The maximum absolute atomic E-state index is 14.6. The Balaban J connectivity index is 0.000000363. The third kappa shape index (κ3) is 10.8. The molecular formula is C14H14BrClF2OS17. The summed E-state index contributed by atoms with van der Waals surface area (Å²) in [4.78, 5) is 11.3. The Morgan fingerprint density at radius 2 is 1.03 bits per heavy atom. The number of fused-ring (bicyclic) bond motifs is 1. The standard InChI is InChI=1S/C14H14BrClF2O.S17/c1-12(2)8-5-7(11(16)19)10(15)6-9(8)13(3,4)14(12,17)18;1-3-5-7-9-11-13-15-17-16-14-12-10-8-6-4-2/h5-6H,1-4H3;. The number of halogens is 4. The summed E-state index contributed by atoms with van der Waals surface area (Å²) < 4.78 is 29.7. The molecular weight excluding hydrogens is 883 g/mol. The van der Waals surface area contributed by atoms with Crippen LogP contribution in [0.3, 0.4) is 0 Å². The zero-order valence-corrected chi connectivity index (χ0v) is 34.2. The van der Waals surface area contributed by atoms with Gasteiger partial charge in [-0.25, -0.2) is 8.78 Å². The van der Waals surface area contributed by atoms with Gasteiger partial charge in [-0.05, 0) is 78.5 Å². The van der Waals surface area contributed by atoms with E-state index in [9.17, 15) is 13.6 Å². The zero-order valence-electron chi connectivity index (χ0n) is 18.0. The van der Waals surface area contributed by atoms with Crippen molar-refractivity contribution < 1.29 is 13.6 Å². The van der Waals surface area contributed by atoms with Gasteiger partial charge in [0.1, 0.15) is 0 Å². The Hall–Kier alpha value is 3.26. The van der Waals surface area contributed by atoms with Crippen LogP contribution in [0.2, 0.25) is 0 Å². The van der Waals surface area contributed by atoms with Gasteiger partial charge in [-0.1, -0.05) is 0 Å². The molecule has 0 amide bonds. The number of hydrogen-bond donors (Lipinski definition) is 0. The molecule has 0 fully saturated rings. The largest absolute Gasteiger partial charge is 0.276 e. The van der Waals surface area contributed by atoms with Crippen LogP contribution in [-0.2, 0) is 166 Å². The van der Waals surface area contributed by atoms with Crippen LogP contribution in [0.25, 0.3) is 0 Å². The van der Waals surface area contributed by atoms with E-state index in [2.05, 4.69) is 15.9 Å². The van der Waals surface area contributed by atoms with E-state index in [4.69, 9.17) is 34.0 Å². The Bertz CT molecular complexity index is 1620. The summed E-state index contributed by atoms with van der Waals surface area (Å²) in [5, 5.41) is -0.654. The zero-order chi connectivity index (χ0) is 27.4. The van der Waals surface area contributed by atoms with Gasteiger partial charge in [0, 0.05) is 166 Å². The molecule has 0 heterocycles. The molecule has 0 N–H and O–H groups in total. The summed E-state index contributed by atoms with van der Waals surface area (Å²) in [6.07, 6.45) is 0. The Morgan fingerprint density at radius 1 is 0.722 bits per heavy atom. The molecule has 0 saturated carbocycles. The lowest BCUT2D eigenvalue weighted by Crippen LogP contribution is -2.46. The van der Waals surface area contributed by atoms with E-state index in [0.29, 0.717) is 15.6 Å². The monoisotopic (exact) mass is 894 g/mol. The maximum Gasteiger partial charge on any atom is 0.266 e. The summed E-state index contributed by atoms with van der Waals surface area (Å²) in [6, 6.07) is 3.07. The van der Waals surface area contributed by atoms with Gasteiger partial charge in [0.15, 0.2) is 0 Å². The normalized spacial score (nSPS) is 15.1. The molecule has 22 heteroatoms. The Morgan fingerprint density at radius 3 is 1.33 bits per heavy atom. The van der Waals surface area contributed by atoms with E-state index in [1.807, 2.05) is 0 Å². The number of alkyl halides is 2. The lowest BCUT2D eigenvalue weighted by molar-refractivity contribution is -0.105. The second-order valence-corrected chi connectivity index (χ2v) is 34.7. The fourth-order valence-corrected chi connectivity index (χ4v) is 39.5. The second-order valence-electron chi connectivity index (χ2n) is 7.00. The summed E-state index contributed by atoms with van der Waals surface area (Å²) >= 11 is 18.2.